The Hall–Kier alpha value is -2.49. The van der Waals surface area contributed by atoms with E-state index < -0.39 is 0 Å². The molecule has 116 valence electrons. The van der Waals surface area contributed by atoms with Crippen molar-refractivity contribution < 1.29 is 4.79 Å². The Morgan fingerprint density at radius 3 is 2.55 bits per heavy atom. The van der Waals surface area contributed by atoms with Gasteiger partial charge in [-0.05, 0) is 43.7 Å². The number of likely N-dealkylation sites (N-methyl/N-ethyl adjacent to an activating group) is 1. The Labute approximate surface area is 132 Å². The van der Waals surface area contributed by atoms with Crippen LogP contribution < -0.4 is 15.5 Å². The maximum atomic E-state index is 11.9. The molecule has 2 aromatic rings. The molecule has 0 spiro atoms. The van der Waals surface area contributed by atoms with E-state index in [0.29, 0.717) is 6.54 Å². The summed E-state index contributed by atoms with van der Waals surface area (Å²) in [5, 5.41) is 5.76. The lowest BCUT2D eigenvalue weighted by Gasteiger charge is -2.27. The van der Waals surface area contributed by atoms with Gasteiger partial charge in [0.05, 0.1) is 0 Å². The van der Waals surface area contributed by atoms with Gasteiger partial charge in [-0.3, -0.25) is 0 Å². The molecule has 0 bridgehead atoms. The van der Waals surface area contributed by atoms with Crippen molar-refractivity contribution in [2.24, 2.45) is 0 Å². The van der Waals surface area contributed by atoms with Crippen molar-refractivity contribution in [2.45, 2.75) is 19.9 Å². The molecule has 0 aromatic heterocycles. The topological polar surface area (TPSA) is 44.4 Å². The number of anilines is 2. The lowest BCUT2D eigenvalue weighted by molar-refractivity contribution is 0.251. The standard InChI is InChI=1S/C18H23N3O/c1-14-8-7-9-16(12-14)20-18(22)19-13-15(2)21(3)17-10-5-4-6-11-17/h4-12,15H,13H2,1-3H3,(H2,19,20,22)/t15-/m1/s1. The Morgan fingerprint density at radius 2 is 1.86 bits per heavy atom. The van der Waals surface area contributed by atoms with E-state index in [4.69, 9.17) is 0 Å². The summed E-state index contributed by atoms with van der Waals surface area (Å²) in [6, 6.07) is 17.9. The van der Waals surface area contributed by atoms with E-state index in [1.165, 1.54) is 0 Å². The van der Waals surface area contributed by atoms with E-state index >= 15 is 0 Å². The SMILES string of the molecule is Cc1cccc(NC(=O)NC[C@@H](C)N(C)c2ccccc2)c1. The minimum absolute atomic E-state index is 0.182. The highest BCUT2D eigenvalue weighted by Crippen LogP contribution is 2.13. The van der Waals surface area contributed by atoms with E-state index in [1.54, 1.807) is 0 Å². The van der Waals surface area contributed by atoms with Crippen LogP contribution in [0.2, 0.25) is 0 Å². The van der Waals surface area contributed by atoms with Crippen molar-refractivity contribution in [3.8, 4) is 0 Å². The number of amides is 2. The molecular weight excluding hydrogens is 274 g/mol. The number of urea groups is 1. The van der Waals surface area contributed by atoms with E-state index in [1.807, 2.05) is 56.4 Å². The van der Waals surface area contributed by atoms with Gasteiger partial charge in [-0.25, -0.2) is 4.79 Å². The van der Waals surface area contributed by atoms with Gasteiger partial charge < -0.3 is 15.5 Å². The summed E-state index contributed by atoms with van der Waals surface area (Å²) in [4.78, 5) is 14.1. The van der Waals surface area contributed by atoms with Crippen molar-refractivity contribution in [1.29, 1.82) is 0 Å². The molecule has 0 radical (unpaired) electrons. The predicted octanol–water partition coefficient (Wildman–Crippen LogP) is 3.64. The van der Waals surface area contributed by atoms with Gasteiger partial charge in [0.15, 0.2) is 0 Å². The van der Waals surface area contributed by atoms with E-state index in [-0.39, 0.29) is 12.1 Å². The quantitative estimate of drug-likeness (QED) is 0.885. The average Bonchev–Trinajstić information content (AvgIpc) is 2.52. The predicted molar refractivity (Wildman–Crippen MR) is 92.5 cm³/mol. The van der Waals surface area contributed by atoms with Gasteiger partial charge in [0.25, 0.3) is 0 Å². The summed E-state index contributed by atoms with van der Waals surface area (Å²) < 4.78 is 0. The van der Waals surface area contributed by atoms with Gasteiger partial charge in [-0.15, -0.1) is 0 Å². The number of aryl methyl sites for hydroxylation is 1. The zero-order valence-corrected chi connectivity index (χ0v) is 13.3. The van der Waals surface area contributed by atoms with Gasteiger partial charge in [-0.1, -0.05) is 30.3 Å². The molecule has 2 rings (SSSR count). The molecule has 0 fully saturated rings. The third-order valence-electron chi connectivity index (χ3n) is 3.66. The van der Waals surface area contributed by atoms with Crippen LogP contribution in [0, 0.1) is 6.92 Å². The minimum atomic E-state index is -0.182. The summed E-state index contributed by atoms with van der Waals surface area (Å²) >= 11 is 0. The molecule has 4 heteroatoms. The van der Waals surface area contributed by atoms with Gasteiger partial charge >= 0.3 is 6.03 Å². The zero-order chi connectivity index (χ0) is 15.9. The average molecular weight is 297 g/mol. The second kappa shape index (κ2) is 7.50. The number of carbonyl (C=O) groups excluding carboxylic acids is 1. The molecule has 4 nitrogen and oxygen atoms in total. The fraction of sp³-hybridized carbons (Fsp3) is 0.278. The second-order valence-corrected chi connectivity index (χ2v) is 5.50. The van der Waals surface area contributed by atoms with Crippen molar-refractivity contribution in [1.82, 2.24) is 5.32 Å². The molecule has 0 heterocycles. The van der Waals surface area contributed by atoms with Crippen LogP contribution in [-0.4, -0.2) is 25.7 Å². The van der Waals surface area contributed by atoms with Crippen LogP contribution in [0.25, 0.3) is 0 Å². The van der Waals surface area contributed by atoms with E-state index in [2.05, 4.69) is 34.6 Å². The number of hydrogen-bond donors (Lipinski definition) is 2. The molecule has 0 saturated carbocycles. The summed E-state index contributed by atoms with van der Waals surface area (Å²) in [5.74, 6) is 0. The molecule has 0 aliphatic carbocycles. The molecule has 2 amide bonds. The fourth-order valence-electron chi connectivity index (χ4n) is 2.19. The molecule has 2 N–H and O–H groups in total. The highest BCUT2D eigenvalue weighted by atomic mass is 16.2. The maximum Gasteiger partial charge on any atom is 0.319 e. The highest BCUT2D eigenvalue weighted by molar-refractivity contribution is 5.89. The molecule has 1 atom stereocenters. The smallest absolute Gasteiger partial charge is 0.319 e. The third kappa shape index (κ3) is 4.52. The van der Waals surface area contributed by atoms with Crippen LogP contribution in [0.3, 0.4) is 0 Å². The molecule has 0 saturated heterocycles. The normalized spacial score (nSPS) is 11.6. The third-order valence-corrected chi connectivity index (χ3v) is 3.66. The lowest BCUT2D eigenvalue weighted by Crippen LogP contribution is -2.41. The Bertz CT molecular complexity index is 613. The van der Waals surface area contributed by atoms with Gasteiger partial charge in [0.2, 0.25) is 0 Å². The second-order valence-electron chi connectivity index (χ2n) is 5.50. The number of nitrogens with zero attached hydrogens (tertiary/aromatic N) is 1. The number of rotatable bonds is 5. The molecule has 0 aliphatic rings. The summed E-state index contributed by atoms with van der Waals surface area (Å²) in [7, 11) is 2.03. The van der Waals surface area contributed by atoms with Crippen LogP contribution in [-0.2, 0) is 0 Å². The number of carbonyl (C=O) groups is 1. The molecule has 22 heavy (non-hydrogen) atoms. The monoisotopic (exact) mass is 297 g/mol. The van der Waals surface area contributed by atoms with Crippen LogP contribution >= 0.6 is 0 Å². The van der Waals surface area contributed by atoms with Crippen LogP contribution in [0.15, 0.2) is 54.6 Å². The highest BCUT2D eigenvalue weighted by Gasteiger charge is 2.11. The van der Waals surface area contributed by atoms with Crippen LogP contribution in [0.4, 0.5) is 16.2 Å². The minimum Gasteiger partial charge on any atom is -0.370 e. The van der Waals surface area contributed by atoms with Gasteiger partial charge in [0, 0.05) is 31.0 Å². The van der Waals surface area contributed by atoms with Crippen LogP contribution in [0.5, 0.6) is 0 Å². The molecule has 0 unspecified atom stereocenters. The fourth-order valence-corrected chi connectivity index (χ4v) is 2.19. The summed E-state index contributed by atoms with van der Waals surface area (Å²) in [6.45, 7) is 4.66. The Kier molecular flexibility index (Phi) is 5.42. The van der Waals surface area contributed by atoms with Gasteiger partial charge in [0.1, 0.15) is 0 Å². The molecular formula is C18H23N3O. The first-order chi connectivity index (χ1) is 10.6. The van der Waals surface area contributed by atoms with E-state index in [9.17, 15) is 4.79 Å². The first kappa shape index (κ1) is 15.9. The van der Waals surface area contributed by atoms with E-state index in [0.717, 1.165) is 16.9 Å². The number of benzene rings is 2. The van der Waals surface area contributed by atoms with Crippen molar-refractivity contribution in [3.05, 3.63) is 60.2 Å². The van der Waals surface area contributed by atoms with Crippen molar-refractivity contribution >= 4 is 17.4 Å². The molecule has 0 aliphatic heterocycles. The van der Waals surface area contributed by atoms with Gasteiger partial charge in [-0.2, -0.15) is 0 Å². The van der Waals surface area contributed by atoms with Crippen molar-refractivity contribution in [2.75, 3.05) is 23.8 Å². The molecule has 2 aromatic carbocycles. The largest absolute Gasteiger partial charge is 0.370 e. The Balaban J connectivity index is 1.83. The number of nitrogens with one attached hydrogen (secondary N) is 2. The number of hydrogen-bond acceptors (Lipinski definition) is 2. The first-order valence-electron chi connectivity index (χ1n) is 7.45. The maximum absolute atomic E-state index is 11.9. The van der Waals surface area contributed by atoms with Crippen LogP contribution in [0.1, 0.15) is 12.5 Å². The first-order valence-corrected chi connectivity index (χ1v) is 7.45. The lowest BCUT2D eigenvalue weighted by atomic mass is 10.2. The number of para-hydroxylation sites is 1. The zero-order valence-electron chi connectivity index (χ0n) is 13.3. The Morgan fingerprint density at radius 1 is 1.14 bits per heavy atom. The summed E-state index contributed by atoms with van der Waals surface area (Å²) in [5.41, 5.74) is 3.06. The van der Waals surface area contributed by atoms with Crippen molar-refractivity contribution in [3.63, 3.8) is 0 Å². The summed E-state index contributed by atoms with van der Waals surface area (Å²) in [6.07, 6.45) is 0.